The number of nitrogens with one attached hydrogen (secondary N) is 2. The lowest BCUT2D eigenvalue weighted by Gasteiger charge is -2.14. The summed E-state index contributed by atoms with van der Waals surface area (Å²) in [6.45, 7) is 1.74. The molecule has 9 nitrogen and oxygen atoms in total. The second kappa shape index (κ2) is 9.31. The lowest BCUT2D eigenvalue weighted by atomic mass is 10.2. The highest BCUT2D eigenvalue weighted by atomic mass is 32.2. The Morgan fingerprint density at radius 1 is 1.25 bits per heavy atom. The first-order valence-electron chi connectivity index (χ1n) is 9.88. The Balaban J connectivity index is 1.55. The third kappa shape index (κ3) is 5.29. The molecule has 1 aliphatic rings. The first-order chi connectivity index (χ1) is 15.4. The average Bonchev–Trinajstić information content (AvgIpc) is 3.48. The van der Waals surface area contributed by atoms with Gasteiger partial charge in [0, 0.05) is 10.9 Å². The molecule has 1 saturated carbocycles. The standard InChI is InChI=1S/C21H22N4O5S2/c1-13-22-20(30-24-13)12-31-19-6-4-3-5-16(19)21(26)23-17-11-15(9-10-18(17)29-2)32(27,28)25-14-7-8-14/h3-6,9-11,14,25H,7-8,12H2,1-2H3,(H,23,26). The van der Waals surface area contributed by atoms with Crippen molar-refractivity contribution in [1.82, 2.24) is 14.9 Å². The van der Waals surface area contributed by atoms with E-state index < -0.39 is 15.9 Å². The van der Waals surface area contributed by atoms with Gasteiger partial charge in [-0.25, -0.2) is 13.1 Å². The van der Waals surface area contributed by atoms with E-state index in [-0.39, 0.29) is 16.6 Å². The largest absolute Gasteiger partial charge is 0.495 e. The number of methoxy groups -OCH3 is 1. The maximum absolute atomic E-state index is 13.1. The van der Waals surface area contributed by atoms with Gasteiger partial charge in [-0.15, -0.1) is 11.8 Å². The number of ether oxygens (including phenoxy) is 1. The highest BCUT2D eigenvalue weighted by Crippen LogP contribution is 2.31. The van der Waals surface area contributed by atoms with Crippen molar-refractivity contribution in [1.29, 1.82) is 0 Å². The molecule has 1 fully saturated rings. The molecule has 1 aliphatic carbocycles. The summed E-state index contributed by atoms with van der Waals surface area (Å²) in [5.74, 6) is 1.39. The number of nitrogens with zero attached hydrogens (tertiary/aromatic N) is 2. The van der Waals surface area contributed by atoms with Crippen LogP contribution in [0.1, 0.15) is 34.9 Å². The fourth-order valence-corrected chi connectivity index (χ4v) is 5.17. The van der Waals surface area contributed by atoms with Crippen LogP contribution >= 0.6 is 11.8 Å². The molecule has 0 aliphatic heterocycles. The van der Waals surface area contributed by atoms with Gasteiger partial charge in [-0.2, -0.15) is 4.98 Å². The van der Waals surface area contributed by atoms with Crippen LogP contribution < -0.4 is 14.8 Å². The number of aromatic nitrogens is 2. The van der Waals surface area contributed by atoms with Crippen LogP contribution in [-0.4, -0.2) is 37.6 Å². The van der Waals surface area contributed by atoms with Crippen LogP contribution in [0.5, 0.6) is 5.75 Å². The number of hydrogen-bond donors (Lipinski definition) is 2. The Labute approximate surface area is 190 Å². The Morgan fingerprint density at radius 2 is 2.03 bits per heavy atom. The minimum Gasteiger partial charge on any atom is -0.495 e. The highest BCUT2D eigenvalue weighted by Gasteiger charge is 2.28. The first kappa shape index (κ1) is 22.3. The lowest BCUT2D eigenvalue weighted by Crippen LogP contribution is -2.26. The van der Waals surface area contributed by atoms with E-state index in [9.17, 15) is 13.2 Å². The normalized spacial score (nSPS) is 13.7. The molecular weight excluding hydrogens is 452 g/mol. The summed E-state index contributed by atoms with van der Waals surface area (Å²) < 4.78 is 38.2. The lowest BCUT2D eigenvalue weighted by molar-refractivity contribution is 0.102. The summed E-state index contributed by atoms with van der Waals surface area (Å²) in [7, 11) is -2.22. The van der Waals surface area contributed by atoms with Crippen molar-refractivity contribution in [2.75, 3.05) is 12.4 Å². The summed E-state index contributed by atoms with van der Waals surface area (Å²) in [5, 5.41) is 6.55. The number of benzene rings is 2. The van der Waals surface area contributed by atoms with Gasteiger partial charge in [-0.05, 0) is 50.1 Å². The van der Waals surface area contributed by atoms with E-state index in [1.807, 2.05) is 12.1 Å². The van der Waals surface area contributed by atoms with E-state index in [2.05, 4.69) is 20.2 Å². The fourth-order valence-electron chi connectivity index (χ4n) is 2.95. The first-order valence-corrected chi connectivity index (χ1v) is 12.4. The molecule has 0 radical (unpaired) electrons. The smallest absolute Gasteiger partial charge is 0.256 e. The van der Waals surface area contributed by atoms with Gasteiger partial charge in [0.05, 0.1) is 29.0 Å². The molecule has 0 bridgehead atoms. The van der Waals surface area contributed by atoms with Gasteiger partial charge in [-0.1, -0.05) is 17.3 Å². The molecular formula is C21H22N4O5S2. The van der Waals surface area contributed by atoms with Crippen LogP contribution in [-0.2, 0) is 15.8 Å². The molecule has 3 aromatic rings. The second-order valence-corrected chi connectivity index (χ2v) is 9.96. The van der Waals surface area contributed by atoms with Crippen LogP contribution in [0.3, 0.4) is 0 Å². The number of anilines is 1. The Hall–Kier alpha value is -2.89. The van der Waals surface area contributed by atoms with Crippen molar-refractivity contribution in [3.63, 3.8) is 0 Å². The van der Waals surface area contributed by atoms with Crippen LogP contribution in [0.25, 0.3) is 0 Å². The topological polar surface area (TPSA) is 123 Å². The number of amides is 1. The van der Waals surface area contributed by atoms with Crippen molar-refractivity contribution in [3.05, 3.63) is 59.7 Å². The van der Waals surface area contributed by atoms with Gasteiger partial charge in [-0.3, -0.25) is 4.79 Å². The van der Waals surface area contributed by atoms with Crippen molar-refractivity contribution in [3.8, 4) is 5.75 Å². The van der Waals surface area contributed by atoms with E-state index in [0.717, 1.165) is 17.7 Å². The van der Waals surface area contributed by atoms with Gasteiger partial charge in [0.1, 0.15) is 5.75 Å². The third-order valence-corrected chi connectivity index (χ3v) is 7.26. The Bertz CT molecular complexity index is 1240. The molecule has 0 atom stereocenters. The minimum absolute atomic E-state index is 0.0216. The van der Waals surface area contributed by atoms with Crippen molar-refractivity contribution >= 4 is 33.4 Å². The molecule has 11 heteroatoms. The van der Waals surface area contributed by atoms with Gasteiger partial charge < -0.3 is 14.6 Å². The molecule has 2 N–H and O–H groups in total. The number of hydrogen-bond acceptors (Lipinski definition) is 8. The highest BCUT2D eigenvalue weighted by molar-refractivity contribution is 7.98. The van der Waals surface area contributed by atoms with E-state index in [4.69, 9.17) is 9.26 Å². The molecule has 4 rings (SSSR count). The molecule has 0 spiro atoms. The predicted octanol–water partition coefficient (Wildman–Crippen LogP) is 3.37. The molecule has 1 amide bonds. The average molecular weight is 475 g/mol. The van der Waals surface area contributed by atoms with Crippen LogP contribution in [0.4, 0.5) is 5.69 Å². The van der Waals surface area contributed by atoms with E-state index in [1.54, 1.807) is 19.1 Å². The number of sulfonamides is 1. The number of aryl methyl sites for hydroxylation is 1. The molecule has 2 aromatic carbocycles. The number of carbonyl (C=O) groups is 1. The third-order valence-electron chi connectivity index (χ3n) is 4.68. The van der Waals surface area contributed by atoms with E-state index in [0.29, 0.717) is 28.8 Å². The van der Waals surface area contributed by atoms with Gasteiger partial charge in [0.15, 0.2) is 5.82 Å². The van der Waals surface area contributed by atoms with E-state index in [1.165, 1.54) is 37.1 Å². The van der Waals surface area contributed by atoms with Gasteiger partial charge in [0.25, 0.3) is 5.91 Å². The minimum atomic E-state index is -3.67. The Kier molecular flexibility index (Phi) is 6.49. The van der Waals surface area contributed by atoms with Crippen molar-refractivity contribution in [2.45, 2.75) is 41.4 Å². The summed E-state index contributed by atoms with van der Waals surface area (Å²) in [6.07, 6.45) is 1.66. The summed E-state index contributed by atoms with van der Waals surface area (Å²) in [5.41, 5.74) is 0.698. The molecule has 0 unspecified atom stereocenters. The van der Waals surface area contributed by atoms with Gasteiger partial charge in [0.2, 0.25) is 15.9 Å². The van der Waals surface area contributed by atoms with Crippen molar-refractivity contribution < 1.29 is 22.5 Å². The molecule has 32 heavy (non-hydrogen) atoms. The van der Waals surface area contributed by atoms with Crippen molar-refractivity contribution in [2.24, 2.45) is 0 Å². The van der Waals surface area contributed by atoms with Gasteiger partial charge >= 0.3 is 0 Å². The zero-order valence-electron chi connectivity index (χ0n) is 17.5. The number of thioether (sulfide) groups is 1. The van der Waals surface area contributed by atoms with Crippen LogP contribution in [0, 0.1) is 6.92 Å². The predicted molar refractivity (Wildman–Crippen MR) is 119 cm³/mol. The van der Waals surface area contributed by atoms with Crippen LogP contribution in [0.15, 0.2) is 56.8 Å². The SMILES string of the molecule is COc1ccc(S(=O)(=O)NC2CC2)cc1NC(=O)c1ccccc1SCc1nc(C)no1. The fraction of sp³-hybridized carbons (Fsp3) is 0.286. The summed E-state index contributed by atoms with van der Waals surface area (Å²) >= 11 is 1.39. The molecule has 168 valence electrons. The zero-order valence-corrected chi connectivity index (χ0v) is 19.1. The molecule has 1 aromatic heterocycles. The maximum atomic E-state index is 13.1. The monoisotopic (exact) mass is 474 g/mol. The second-order valence-electron chi connectivity index (χ2n) is 7.23. The van der Waals surface area contributed by atoms with Crippen LogP contribution in [0.2, 0.25) is 0 Å². The molecule has 1 heterocycles. The summed E-state index contributed by atoms with van der Waals surface area (Å²) in [6, 6.07) is 11.5. The molecule has 0 saturated heterocycles. The Morgan fingerprint density at radius 3 is 2.72 bits per heavy atom. The zero-order chi connectivity index (χ0) is 22.7. The maximum Gasteiger partial charge on any atom is 0.256 e. The number of rotatable bonds is 9. The number of carbonyl (C=O) groups excluding carboxylic acids is 1. The van der Waals surface area contributed by atoms with E-state index >= 15 is 0 Å². The quantitative estimate of drug-likeness (QED) is 0.453. The summed E-state index contributed by atoms with van der Waals surface area (Å²) in [4.78, 5) is 18.0.